The number of thioether (sulfide) groups is 1. The number of hydrogen-bond donors (Lipinski definition) is 0. The first kappa shape index (κ1) is 17.5. The summed E-state index contributed by atoms with van der Waals surface area (Å²) in [6.07, 6.45) is 5.67. The monoisotopic (exact) mass is 379 g/mol. The van der Waals surface area contributed by atoms with Crippen LogP contribution >= 0.6 is 11.8 Å². The van der Waals surface area contributed by atoms with Crippen LogP contribution < -0.4 is 0 Å². The van der Waals surface area contributed by atoms with Gasteiger partial charge in [0, 0.05) is 25.5 Å². The van der Waals surface area contributed by atoms with Crippen LogP contribution in [0.1, 0.15) is 16.7 Å². The van der Waals surface area contributed by atoms with Crippen LogP contribution in [0.2, 0.25) is 0 Å². The minimum Gasteiger partial charge on any atom is -0.336 e. The van der Waals surface area contributed by atoms with Crippen molar-refractivity contribution in [3.8, 4) is 0 Å². The third-order valence-corrected chi connectivity index (χ3v) is 5.56. The quantitative estimate of drug-likeness (QED) is 0.767. The first-order chi connectivity index (χ1) is 13.1. The molecule has 4 rings (SSSR count). The van der Waals surface area contributed by atoms with E-state index in [4.69, 9.17) is 0 Å². The molecule has 0 spiro atoms. The van der Waals surface area contributed by atoms with E-state index in [0.29, 0.717) is 18.0 Å². The summed E-state index contributed by atoms with van der Waals surface area (Å²) in [5.41, 5.74) is 3.14. The van der Waals surface area contributed by atoms with Gasteiger partial charge >= 0.3 is 0 Å². The van der Waals surface area contributed by atoms with E-state index in [9.17, 15) is 14.4 Å². The van der Waals surface area contributed by atoms with Gasteiger partial charge in [0.25, 0.3) is 11.1 Å². The predicted molar refractivity (Wildman–Crippen MR) is 102 cm³/mol. The van der Waals surface area contributed by atoms with Crippen molar-refractivity contribution in [2.75, 3.05) is 13.1 Å². The molecule has 27 heavy (non-hydrogen) atoms. The van der Waals surface area contributed by atoms with Crippen LogP contribution in [0.5, 0.6) is 0 Å². The van der Waals surface area contributed by atoms with Gasteiger partial charge in [-0.25, -0.2) is 0 Å². The predicted octanol–water partition coefficient (Wildman–Crippen LogP) is 2.70. The molecule has 0 unspecified atom stereocenters. The highest BCUT2D eigenvalue weighted by Crippen LogP contribution is 2.32. The highest BCUT2D eigenvalue weighted by Gasteiger charge is 2.37. The summed E-state index contributed by atoms with van der Waals surface area (Å²) in [4.78, 5) is 44.5. The van der Waals surface area contributed by atoms with Crippen molar-refractivity contribution in [2.24, 2.45) is 0 Å². The number of aromatic nitrogens is 1. The molecule has 136 valence electrons. The Morgan fingerprint density at radius 2 is 1.85 bits per heavy atom. The Balaban J connectivity index is 1.45. The summed E-state index contributed by atoms with van der Waals surface area (Å²) in [6, 6.07) is 11.5. The van der Waals surface area contributed by atoms with Gasteiger partial charge < -0.3 is 4.90 Å². The molecule has 2 aliphatic heterocycles. The van der Waals surface area contributed by atoms with Crippen LogP contribution in [-0.2, 0) is 22.6 Å². The van der Waals surface area contributed by atoms with E-state index >= 15 is 0 Å². The van der Waals surface area contributed by atoms with Crippen LogP contribution in [-0.4, -0.2) is 44.9 Å². The molecule has 0 N–H and O–H groups in total. The molecule has 0 saturated carbocycles. The molecule has 1 saturated heterocycles. The van der Waals surface area contributed by atoms with Crippen molar-refractivity contribution in [1.82, 2.24) is 14.8 Å². The van der Waals surface area contributed by atoms with Gasteiger partial charge in [0.15, 0.2) is 0 Å². The van der Waals surface area contributed by atoms with Crippen molar-refractivity contribution >= 4 is 34.9 Å². The number of amides is 3. The average Bonchev–Trinajstić information content (AvgIpc) is 2.95. The molecule has 0 radical (unpaired) electrons. The fourth-order valence-corrected chi connectivity index (χ4v) is 4.03. The fourth-order valence-electron chi connectivity index (χ4n) is 3.19. The number of hydrogen-bond acceptors (Lipinski definition) is 5. The molecular formula is C20H17N3O3S. The molecule has 1 fully saturated rings. The van der Waals surface area contributed by atoms with Crippen LogP contribution in [0.15, 0.2) is 53.7 Å². The number of carbonyl (C=O) groups excluding carboxylic acids is 3. The number of rotatable bonds is 3. The smallest absolute Gasteiger partial charge is 0.294 e. The SMILES string of the molecule is O=C(CN1C(=O)S/C(=C/c2ccncc2)C1=O)N1CCc2ccccc2C1. The molecule has 0 bridgehead atoms. The minimum atomic E-state index is -0.424. The zero-order chi connectivity index (χ0) is 18.8. The van der Waals surface area contributed by atoms with Gasteiger partial charge in [0.05, 0.1) is 4.91 Å². The van der Waals surface area contributed by atoms with Crippen LogP contribution in [0.25, 0.3) is 6.08 Å². The highest BCUT2D eigenvalue weighted by molar-refractivity contribution is 8.18. The van der Waals surface area contributed by atoms with E-state index in [0.717, 1.165) is 34.2 Å². The second-order valence-electron chi connectivity index (χ2n) is 6.38. The molecule has 2 aliphatic rings. The number of carbonyl (C=O) groups is 3. The first-order valence-corrected chi connectivity index (χ1v) is 9.43. The lowest BCUT2D eigenvalue weighted by molar-refractivity contribution is -0.136. The summed E-state index contributed by atoms with van der Waals surface area (Å²) < 4.78 is 0. The van der Waals surface area contributed by atoms with Crippen molar-refractivity contribution in [3.05, 3.63) is 70.4 Å². The summed E-state index contributed by atoms with van der Waals surface area (Å²) in [6.45, 7) is 0.886. The average molecular weight is 379 g/mol. The first-order valence-electron chi connectivity index (χ1n) is 8.62. The number of nitrogens with zero attached hydrogens (tertiary/aromatic N) is 3. The number of pyridine rings is 1. The number of benzene rings is 1. The number of fused-ring (bicyclic) bond motifs is 1. The largest absolute Gasteiger partial charge is 0.336 e. The lowest BCUT2D eigenvalue weighted by Crippen LogP contribution is -2.44. The molecular weight excluding hydrogens is 362 g/mol. The summed E-state index contributed by atoms with van der Waals surface area (Å²) >= 11 is 0.861. The van der Waals surface area contributed by atoms with Gasteiger partial charge in [0.2, 0.25) is 5.91 Å². The molecule has 2 aromatic rings. The molecule has 0 aliphatic carbocycles. The lowest BCUT2D eigenvalue weighted by Gasteiger charge is -2.29. The molecule has 1 aromatic carbocycles. The standard InChI is InChI=1S/C20H17N3O3S/c24-18(22-10-7-15-3-1-2-4-16(15)12-22)13-23-19(25)17(27-20(23)26)11-14-5-8-21-9-6-14/h1-6,8-9,11H,7,10,12-13H2/b17-11+. The Kier molecular flexibility index (Phi) is 4.77. The molecule has 7 heteroatoms. The topological polar surface area (TPSA) is 70.6 Å². The van der Waals surface area contributed by atoms with E-state index < -0.39 is 11.1 Å². The Labute approximate surface area is 160 Å². The zero-order valence-corrected chi connectivity index (χ0v) is 15.3. The van der Waals surface area contributed by atoms with Crippen molar-refractivity contribution in [2.45, 2.75) is 13.0 Å². The van der Waals surface area contributed by atoms with Gasteiger partial charge in [-0.3, -0.25) is 24.3 Å². The van der Waals surface area contributed by atoms with E-state index in [1.807, 2.05) is 18.2 Å². The van der Waals surface area contributed by atoms with Crippen LogP contribution in [0.3, 0.4) is 0 Å². The van der Waals surface area contributed by atoms with E-state index in [-0.39, 0.29) is 12.5 Å². The Morgan fingerprint density at radius 1 is 1.11 bits per heavy atom. The lowest BCUT2D eigenvalue weighted by atomic mass is 10.00. The summed E-state index contributed by atoms with van der Waals surface area (Å²) in [7, 11) is 0. The normalized spacial score (nSPS) is 18.1. The second-order valence-corrected chi connectivity index (χ2v) is 7.38. The van der Waals surface area contributed by atoms with Crippen molar-refractivity contribution in [3.63, 3.8) is 0 Å². The molecule has 6 nitrogen and oxygen atoms in total. The van der Waals surface area contributed by atoms with Crippen LogP contribution in [0, 0.1) is 0 Å². The minimum absolute atomic E-state index is 0.211. The van der Waals surface area contributed by atoms with E-state index in [1.54, 1.807) is 35.5 Å². The van der Waals surface area contributed by atoms with Crippen LogP contribution in [0.4, 0.5) is 4.79 Å². The maximum Gasteiger partial charge on any atom is 0.294 e. The highest BCUT2D eigenvalue weighted by atomic mass is 32.2. The maximum absolute atomic E-state index is 12.7. The molecule has 3 amide bonds. The van der Waals surface area contributed by atoms with E-state index in [1.165, 1.54) is 5.56 Å². The molecule has 1 aromatic heterocycles. The summed E-state index contributed by atoms with van der Waals surface area (Å²) in [5, 5.41) is -0.411. The maximum atomic E-state index is 12.7. The summed E-state index contributed by atoms with van der Waals surface area (Å²) in [5.74, 6) is -0.635. The Morgan fingerprint density at radius 3 is 2.63 bits per heavy atom. The Bertz CT molecular complexity index is 942. The van der Waals surface area contributed by atoms with E-state index in [2.05, 4.69) is 11.1 Å². The van der Waals surface area contributed by atoms with Crippen molar-refractivity contribution < 1.29 is 14.4 Å². The molecule has 0 atom stereocenters. The van der Waals surface area contributed by atoms with Crippen molar-refractivity contribution in [1.29, 1.82) is 0 Å². The van der Waals surface area contributed by atoms with Gasteiger partial charge in [0.1, 0.15) is 6.54 Å². The third kappa shape index (κ3) is 3.64. The third-order valence-electron chi connectivity index (χ3n) is 4.65. The van der Waals surface area contributed by atoms with Gasteiger partial charge in [-0.1, -0.05) is 24.3 Å². The molecule has 3 heterocycles. The fraction of sp³-hybridized carbons (Fsp3) is 0.200. The zero-order valence-electron chi connectivity index (χ0n) is 14.5. The Hall–Kier alpha value is -2.93. The van der Waals surface area contributed by atoms with Gasteiger partial charge in [-0.05, 0) is 53.1 Å². The second kappa shape index (κ2) is 7.36. The van der Waals surface area contributed by atoms with Gasteiger partial charge in [-0.2, -0.15) is 0 Å². The number of imide groups is 1. The van der Waals surface area contributed by atoms with Gasteiger partial charge in [-0.15, -0.1) is 0 Å².